The quantitative estimate of drug-likeness (QED) is 0.0615. The molecule has 0 radical (unpaired) electrons. The summed E-state index contributed by atoms with van der Waals surface area (Å²) in [4.78, 5) is 10.4. The minimum absolute atomic E-state index is 0.312. The van der Waals surface area contributed by atoms with Gasteiger partial charge in [-0.15, -0.1) is 0 Å². The van der Waals surface area contributed by atoms with Gasteiger partial charge in [0, 0.05) is 12.8 Å². The third-order valence-corrected chi connectivity index (χ3v) is 5.63. The number of hydrogen-bond acceptors (Lipinski definition) is 3. The maximum Gasteiger partial charge on any atom is 0.303 e. The first-order valence-electron chi connectivity index (χ1n) is 13.9. The number of carbonyl (C=O) groups is 1. The number of carboxylic acids is 1. The van der Waals surface area contributed by atoms with Crippen LogP contribution in [0.2, 0.25) is 0 Å². The fraction of sp³-hybridized carbons (Fsp3) is 0.594. The van der Waals surface area contributed by atoms with Crippen molar-refractivity contribution in [2.45, 2.75) is 122 Å². The first-order valence-corrected chi connectivity index (χ1v) is 13.9. The molecule has 0 aliphatic carbocycles. The SMILES string of the molecule is CCC=CCC(O)C#CC=CC=CC(O)CC=CCC=CCCCCCCCCCCCCC(=O)O. The Hall–Kier alpha value is -2.35. The molecule has 0 saturated heterocycles. The molecule has 0 rings (SSSR count). The molecule has 0 amide bonds. The van der Waals surface area contributed by atoms with Gasteiger partial charge in [0.15, 0.2) is 0 Å². The van der Waals surface area contributed by atoms with Crippen LogP contribution in [0.3, 0.4) is 0 Å². The minimum atomic E-state index is -0.679. The zero-order valence-corrected chi connectivity index (χ0v) is 22.5. The summed E-state index contributed by atoms with van der Waals surface area (Å²) < 4.78 is 0. The van der Waals surface area contributed by atoms with Crippen molar-refractivity contribution in [3.05, 3.63) is 60.8 Å². The second-order valence-electron chi connectivity index (χ2n) is 9.11. The predicted molar refractivity (Wildman–Crippen MR) is 153 cm³/mol. The number of hydrogen-bond donors (Lipinski definition) is 3. The van der Waals surface area contributed by atoms with Crippen LogP contribution in [0.15, 0.2) is 60.8 Å². The maximum atomic E-state index is 10.4. The lowest BCUT2D eigenvalue weighted by atomic mass is 10.1. The second-order valence-corrected chi connectivity index (χ2v) is 9.11. The topological polar surface area (TPSA) is 77.8 Å². The standard InChI is InChI=1S/C32H50O4/c1-2-3-20-25-30(33)27-22-18-19-23-28-31(34)26-21-16-14-12-10-8-6-4-5-7-9-11-13-15-17-24-29-32(35)36/h3,10,12,16,18-21,23,28,30-31,33-34H,2,4-9,11,13-15,17,24-26,29H2,1H3,(H,35,36). The molecule has 0 aliphatic heterocycles. The Labute approximate surface area is 220 Å². The highest BCUT2D eigenvalue weighted by Crippen LogP contribution is 2.12. The average Bonchev–Trinajstić information content (AvgIpc) is 2.85. The maximum absolute atomic E-state index is 10.4. The van der Waals surface area contributed by atoms with Gasteiger partial charge in [0.2, 0.25) is 0 Å². The summed E-state index contributed by atoms with van der Waals surface area (Å²) in [6, 6.07) is 0. The molecule has 0 heterocycles. The molecule has 2 atom stereocenters. The van der Waals surface area contributed by atoms with Gasteiger partial charge in [-0.05, 0) is 44.6 Å². The molecule has 36 heavy (non-hydrogen) atoms. The summed E-state index contributed by atoms with van der Waals surface area (Å²) >= 11 is 0. The third kappa shape index (κ3) is 27.9. The number of unbranched alkanes of at least 4 members (excludes halogenated alkanes) is 10. The fourth-order valence-corrected chi connectivity index (χ4v) is 3.55. The second kappa shape index (κ2) is 27.2. The van der Waals surface area contributed by atoms with Gasteiger partial charge in [-0.1, -0.05) is 125 Å². The highest BCUT2D eigenvalue weighted by Gasteiger charge is 1.97. The van der Waals surface area contributed by atoms with E-state index >= 15 is 0 Å². The van der Waals surface area contributed by atoms with Crippen LogP contribution >= 0.6 is 0 Å². The molecular weight excluding hydrogens is 448 g/mol. The monoisotopic (exact) mass is 498 g/mol. The Morgan fingerprint density at radius 1 is 0.750 bits per heavy atom. The van der Waals surface area contributed by atoms with E-state index in [4.69, 9.17) is 5.11 Å². The number of carboxylic acid groups (broad SMARTS) is 1. The highest BCUT2D eigenvalue weighted by atomic mass is 16.4. The first kappa shape index (κ1) is 33.7. The number of rotatable bonds is 22. The van der Waals surface area contributed by atoms with E-state index in [9.17, 15) is 15.0 Å². The van der Waals surface area contributed by atoms with E-state index in [2.05, 4.69) is 37.0 Å². The molecule has 0 bridgehead atoms. The zero-order chi connectivity index (χ0) is 26.5. The lowest BCUT2D eigenvalue weighted by molar-refractivity contribution is -0.137. The van der Waals surface area contributed by atoms with Gasteiger partial charge in [-0.2, -0.15) is 0 Å². The zero-order valence-electron chi connectivity index (χ0n) is 22.5. The van der Waals surface area contributed by atoms with Crippen LogP contribution in [0.4, 0.5) is 0 Å². The predicted octanol–water partition coefficient (Wildman–Crippen LogP) is 7.84. The van der Waals surface area contributed by atoms with Crippen LogP contribution in [0.5, 0.6) is 0 Å². The normalized spacial score (nSPS) is 13.9. The molecule has 4 heteroatoms. The molecule has 2 unspecified atom stereocenters. The molecule has 0 fully saturated rings. The Morgan fingerprint density at radius 3 is 2.03 bits per heavy atom. The van der Waals surface area contributed by atoms with Crippen molar-refractivity contribution < 1.29 is 20.1 Å². The summed E-state index contributed by atoms with van der Waals surface area (Å²) in [5, 5.41) is 28.2. The van der Waals surface area contributed by atoms with Crippen LogP contribution in [-0.2, 0) is 4.79 Å². The third-order valence-electron chi connectivity index (χ3n) is 5.63. The Morgan fingerprint density at radius 2 is 1.36 bits per heavy atom. The molecule has 3 N–H and O–H groups in total. The molecule has 0 aliphatic rings. The molecule has 0 saturated carbocycles. The van der Waals surface area contributed by atoms with Gasteiger partial charge < -0.3 is 15.3 Å². The highest BCUT2D eigenvalue weighted by molar-refractivity contribution is 5.66. The van der Waals surface area contributed by atoms with Crippen molar-refractivity contribution in [3.8, 4) is 11.8 Å². The fourth-order valence-electron chi connectivity index (χ4n) is 3.55. The van der Waals surface area contributed by atoms with Crippen molar-refractivity contribution in [1.82, 2.24) is 0 Å². The molecular formula is C32H50O4. The first-order chi connectivity index (χ1) is 17.6. The van der Waals surface area contributed by atoms with E-state index in [1.54, 1.807) is 24.3 Å². The molecule has 0 aromatic heterocycles. The van der Waals surface area contributed by atoms with Gasteiger partial charge in [0.05, 0.1) is 6.10 Å². The van der Waals surface area contributed by atoms with E-state index < -0.39 is 18.2 Å². The molecule has 0 spiro atoms. The smallest absolute Gasteiger partial charge is 0.303 e. The summed E-state index contributed by atoms with van der Waals surface area (Å²) in [5.74, 6) is 4.89. The Bertz CT molecular complexity index is 718. The van der Waals surface area contributed by atoms with Gasteiger partial charge >= 0.3 is 5.97 Å². The van der Waals surface area contributed by atoms with Crippen LogP contribution in [0.1, 0.15) is 110 Å². The minimum Gasteiger partial charge on any atom is -0.481 e. The van der Waals surface area contributed by atoms with Gasteiger partial charge in [0.25, 0.3) is 0 Å². The van der Waals surface area contributed by atoms with E-state index in [1.807, 2.05) is 18.2 Å². The van der Waals surface area contributed by atoms with Gasteiger partial charge in [-0.3, -0.25) is 4.79 Å². The number of allylic oxidation sites excluding steroid dienone is 7. The summed E-state index contributed by atoms with van der Waals surface area (Å²) in [5.41, 5.74) is 0. The number of aliphatic hydroxyl groups excluding tert-OH is 2. The lowest BCUT2D eigenvalue weighted by Gasteiger charge is -2.01. The summed E-state index contributed by atoms with van der Waals surface area (Å²) in [6.45, 7) is 2.05. The largest absolute Gasteiger partial charge is 0.481 e. The van der Waals surface area contributed by atoms with E-state index in [-0.39, 0.29) is 0 Å². The van der Waals surface area contributed by atoms with Crippen LogP contribution < -0.4 is 0 Å². The van der Waals surface area contributed by atoms with Crippen molar-refractivity contribution in [2.24, 2.45) is 0 Å². The van der Waals surface area contributed by atoms with Crippen LogP contribution in [0.25, 0.3) is 0 Å². The van der Waals surface area contributed by atoms with Gasteiger partial charge in [0.1, 0.15) is 6.10 Å². The van der Waals surface area contributed by atoms with Gasteiger partial charge in [-0.25, -0.2) is 0 Å². The Kier molecular flexibility index (Phi) is 25.5. The summed E-state index contributed by atoms with van der Waals surface area (Å²) in [7, 11) is 0. The van der Waals surface area contributed by atoms with E-state index in [1.165, 1.54) is 51.4 Å². The van der Waals surface area contributed by atoms with Crippen molar-refractivity contribution >= 4 is 5.97 Å². The van der Waals surface area contributed by atoms with Crippen molar-refractivity contribution in [2.75, 3.05) is 0 Å². The van der Waals surface area contributed by atoms with Crippen molar-refractivity contribution in [3.63, 3.8) is 0 Å². The molecule has 0 aromatic rings. The van der Waals surface area contributed by atoms with Crippen molar-refractivity contribution in [1.29, 1.82) is 0 Å². The summed E-state index contributed by atoms with van der Waals surface area (Å²) in [6.07, 6.45) is 34.7. The van der Waals surface area contributed by atoms with Crippen LogP contribution in [0, 0.1) is 11.8 Å². The van der Waals surface area contributed by atoms with Crippen LogP contribution in [-0.4, -0.2) is 33.5 Å². The molecule has 4 nitrogen and oxygen atoms in total. The number of aliphatic carboxylic acids is 1. The lowest BCUT2D eigenvalue weighted by Crippen LogP contribution is -1.99. The molecule has 202 valence electrons. The Balaban J connectivity index is 3.60. The average molecular weight is 499 g/mol. The molecule has 0 aromatic carbocycles. The van der Waals surface area contributed by atoms with E-state index in [0.717, 1.165) is 32.1 Å². The number of aliphatic hydroxyl groups is 2. The van der Waals surface area contributed by atoms with E-state index in [0.29, 0.717) is 19.3 Å².